The van der Waals surface area contributed by atoms with E-state index in [9.17, 15) is 19.7 Å². The molecule has 3 aromatic rings. The molecule has 3 rings (SSSR count). The first kappa shape index (κ1) is 22.9. The molecule has 0 N–H and O–H groups in total. The van der Waals surface area contributed by atoms with Crippen LogP contribution in [0.3, 0.4) is 0 Å². The molecular formula is C24H26N4O4. The Morgan fingerprint density at radius 1 is 1.22 bits per heavy atom. The molecule has 0 saturated heterocycles. The predicted octanol–water partition coefficient (Wildman–Crippen LogP) is 4.24. The van der Waals surface area contributed by atoms with Gasteiger partial charge in [-0.05, 0) is 49.2 Å². The quantitative estimate of drug-likeness (QED) is 0.300. The number of nitro benzene ring substituents is 1. The van der Waals surface area contributed by atoms with E-state index < -0.39 is 11.0 Å². The Hall–Kier alpha value is -3.81. The van der Waals surface area contributed by atoms with Gasteiger partial charge in [-0.2, -0.15) is 0 Å². The van der Waals surface area contributed by atoms with Crippen LogP contribution in [0.15, 0.2) is 59.4 Å². The molecule has 8 heteroatoms. The van der Waals surface area contributed by atoms with Crippen LogP contribution < -0.4 is 5.56 Å². The number of rotatable bonds is 8. The number of hydrogen-bond donors (Lipinski definition) is 0. The molecule has 1 aromatic heterocycles. The zero-order valence-electron chi connectivity index (χ0n) is 18.4. The number of unbranched alkanes of at least 4 members (excludes halogenated alkanes) is 1. The van der Waals surface area contributed by atoms with E-state index in [2.05, 4.69) is 4.98 Å². The lowest BCUT2D eigenvalue weighted by molar-refractivity contribution is -0.384. The molecule has 1 unspecified atom stereocenters. The van der Waals surface area contributed by atoms with Crippen LogP contribution in [0.5, 0.6) is 0 Å². The van der Waals surface area contributed by atoms with Crippen LogP contribution in [-0.2, 0) is 11.8 Å². The summed E-state index contributed by atoms with van der Waals surface area (Å²) >= 11 is 0. The lowest BCUT2D eigenvalue weighted by Gasteiger charge is -2.29. The summed E-state index contributed by atoms with van der Waals surface area (Å²) in [5.41, 5.74) is 1.13. The Kier molecular flexibility index (Phi) is 7.14. The van der Waals surface area contributed by atoms with Crippen molar-refractivity contribution >= 4 is 28.6 Å². The minimum Gasteiger partial charge on any atom is -0.329 e. The second-order valence-electron chi connectivity index (χ2n) is 7.59. The largest absolute Gasteiger partial charge is 0.329 e. The maximum absolute atomic E-state index is 13.1. The van der Waals surface area contributed by atoms with Crippen molar-refractivity contribution in [1.29, 1.82) is 0 Å². The molecule has 0 aliphatic carbocycles. The molecule has 0 saturated carbocycles. The van der Waals surface area contributed by atoms with Crippen LogP contribution in [0.2, 0.25) is 0 Å². The van der Waals surface area contributed by atoms with Crippen molar-refractivity contribution in [2.45, 2.75) is 32.7 Å². The fourth-order valence-corrected chi connectivity index (χ4v) is 3.54. The fourth-order valence-electron chi connectivity index (χ4n) is 3.54. The normalized spacial score (nSPS) is 12.2. The van der Waals surface area contributed by atoms with Gasteiger partial charge in [0.25, 0.3) is 11.2 Å². The van der Waals surface area contributed by atoms with E-state index in [1.54, 1.807) is 48.4 Å². The molecule has 0 aliphatic heterocycles. The van der Waals surface area contributed by atoms with Gasteiger partial charge in [-0.1, -0.05) is 25.5 Å². The third-order valence-corrected chi connectivity index (χ3v) is 5.42. The van der Waals surface area contributed by atoms with Crippen molar-refractivity contribution in [2.75, 3.05) is 6.54 Å². The molecule has 0 spiro atoms. The summed E-state index contributed by atoms with van der Waals surface area (Å²) in [5.74, 6) is 0.300. The Balaban J connectivity index is 1.90. The van der Waals surface area contributed by atoms with Gasteiger partial charge in [-0.15, -0.1) is 0 Å². The van der Waals surface area contributed by atoms with E-state index in [0.29, 0.717) is 28.8 Å². The zero-order valence-corrected chi connectivity index (χ0v) is 18.4. The first-order valence-corrected chi connectivity index (χ1v) is 10.5. The first-order chi connectivity index (χ1) is 15.3. The molecule has 0 bridgehead atoms. The Bertz CT molecular complexity index is 1210. The third kappa shape index (κ3) is 4.91. The molecule has 166 valence electrons. The highest BCUT2D eigenvalue weighted by Crippen LogP contribution is 2.21. The van der Waals surface area contributed by atoms with Crippen LogP contribution in [0.4, 0.5) is 5.69 Å². The van der Waals surface area contributed by atoms with Gasteiger partial charge < -0.3 is 4.90 Å². The smallest absolute Gasteiger partial charge is 0.269 e. The van der Waals surface area contributed by atoms with Crippen molar-refractivity contribution in [2.24, 2.45) is 7.05 Å². The number of carbonyl (C=O) groups excluding carboxylic acids is 1. The number of nitrogens with zero attached hydrogens (tertiary/aromatic N) is 4. The van der Waals surface area contributed by atoms with Gasteiger partial charge in [0.2, 0.25) is 5.91 Å². The van der Waals surface area contributed by atoms with Gasteiger partial charge in [0, 0.05) is 31.8 Å². The minimum atomic E-state index is -0.465. The van der Waals surface area contributed by atoms with E-state index in [1.807, 2.05) is 19.9 Å². The second kappa shape index (κ2) is 10.00. The van der Waals surface area contributed by atoms with E-state index in [0.717, 1.165) is 12.8 Å². The number of fused-ring (bicyclic) bond motifs is 1. The number of hydrogen-bond acceptors (Lipinski definition) is 5. The molecule has 0 aliphatic rings. The monoisotopic (exact) mass is 434 g/mol. The van der Waals surface area contributed by atoms with Crippen LogP contribution >= 0.6 is 0 Å². The van der Waals surface area contributed by atoms with Crippen LogP contribution in [-0.4, -0.2) is 31.8 Å². The van der Waals surface area contributed by atoms with E-state index >= 15 is 0 Å². The molecule has 0 radical (unpaired) electrons. The fraction of sp³-hybridized carbons (Fsp3) is 0.292. The van der Waals surface area contributed by atoms with Gasteiger partial charge in [0.15, 0.2) is 0 Å². The highest BCUT2D eigenvalue weighted by atomic mass is 16.6. The molecule has 32 heavy (non-hydrogen) atoms. The molecule has 2 aromatic carbocycles. The second-order valence-corrected chi connectivity index (χ2v) is 7.59. The lowest BCUT2D eigenvalue weighted by atomic mass is 10.1. The minimum absolute atomic E-state index is 0.00466. The highest BCUT2D eigenvalue weighted by molar-refractivity contribution is 5.92. The lowest BCUT2D eigenvalue weighted by Crippen LogP contribution is -2.37. The summed E-state index contributed by atoms with van der Waals surface area (Å²) in [6.45, 7) is 4.43. The number of aromatic nitrogens is 2. The van der Waals surface area contributed by atoms with Crippen molar-refractivity contribution in [1.82, 2.24) is 14.5 Å². The number of amides is 1. The molecule has 8 nitrogen and oxygen atoms in total. The standard InChI is InChI=1S/C24H26N4O4/c1-4-5-16-27(22(29)15-12-18-10-13-19(14-11-18)28(31)32)17(2)23-25-21-9-7-6-8-20(21)24(30)26(23)3/h6-15,17H,4-5,16H2,1-3H3/b15-12+. The maximum Gasteiger partial charge on any atom is 0.269 e. The van der Waals surface area contributed by atoms with Crippen molar-refractivity contribution in [3.63, 3.8) is 0 Å². The van der Waals surface area contributed by atoms with E-state index in [-0.39, 0.29) is 17.2 Å². The Morgan fingerprint density at radius 2 is 1.91 bits per heavy atom. The number of carbonyl (C=O) groups is 1. The Morgan fingerprint density at radius 3 is 2.56 bits per heavy atom. The number of para-hydroxylation sites is 1. The molecule has 0 fully saturated rings. The van der Waals surface area contributed by atoms with Crippen molar-refractivity contribution < 1.29 is 9.72 Å². The molecule has 1 amide bonds. The average molecular weight is 434 g/mol. The molecule has 1 atom stereocenters. The molecular weight excluding hydrogens is 408 g/mol. The summed E-state index contributed by atoms with van der Waals surface area (Å²) in [6.07, 6.45) is 4.80. The number of non-ortho nitro benzene ring substituents is 1. The SMILES string of the molecule is CCCCN(C(=O)/C=C/c1ccc([N+](=O)[O-])cc1)C(C)c1nc2ccccc2c(=O)n1C. The van der Waals surface area contributed by atoms with Gasteiger partial charge in [0.05, 0.1) is 21.9 Å². The number of benzene rings is 2. The van der Waals surface area contributed by atoms with Crippen LogP contribution in [0.1, 0.15) is 44.1 Å². The summed E-state index contributed by atoms with van der Waals surface area (Å²) < 4.78 is 1.50. The van der Waals surface area contributed by atoms with Gasteiger partial charge in [0.1, 0.15) is 5.82 Å². The Labute approximate surface area is 186 Å². The average Bonchev–Trinajstić information content (AvgIpc) is 2.80. The van der Waals surface area contributed by atoms with Gasteiger partial charge in [-0.25, -0.2) is 4.98 Å². The maximum atomic E-state index is 13.1. The summed E-state index contributed by atoms with van der Waals surface area (Å²) in [4.78, 5) is 42.6. The summed E-state index contributed by atoms with van der Waals surface area (Å²) in [7, 11) is 1.67. The highest BCUT2D eigenvalue weighted by Gasteiger charge is 2.23. The topological polar surface area (TPSA) is 98.3 Å². The van der Waals surface area contributed by atoms with Crippen molar-refractivity contribution in [3.05, 3.63) is 86.5 Å². The third-order valence-electron chi connectivity index (χ3n) is 5.42. The van der Waals surface area contributed by atoms with E-state index in [4.69, 9.17) is 0 Å². The van der Waals surface area contributed by atoms with E-state index in [1.165, 1.54) is 22.8 Å². The first-order valence-electron chi connectivity index (χ1n) is 10.5. The van der Waals surface area contributed by atoms with Crippen molar-refractivity contribution in [3.8, 4) is 0 Å². The van der Waals surface area contributed by atoms with Gasteiger partial charge >= 0.3 is 0 Å². The molecule has 1 heterocycles. The predicted molar refractivity (Wildman–Crippen MR) is 124 cm³/mol. The zero-order chi connectivity index (χ0) is 23.3. The van der Waals surface area contributed by atoms with Gasteiger partial charge in [-0.3, -0.25) is 24.3 Å². The van der Waals surface area contributed by atoms with Crippen LogP contribution in [0.25, 0.3) is 17.0 Å². The van der Waals surface area contributed by atoms with Crippen LogP contribution in [0, 0.1) is 10.1 Å². The summed E-state index contributed by atoms with van der Waals surface area (Å²) in [5, 5.41) is 11.3. The number of nitro groups is 1. The summed E-state index contributed by atoms with van der Waals surface area (Å²) in [6, 6.07) is 12.7.